The van der Waals surface area contributed by atoms with Gasteiger partial charge in [-0.05, 0) is 46.0 Å². The summed E-state index contributed by atoms with van der Waals surface area (Å²) in [5.41, 5.74) is 5.02. The predicted molar refractivity (Wildman–Crippen MR) is 101 cm³/mol. The number of amides is 2. The highest BCUT2D eigenvalue weighted by molar-refractivity contribution is 7.94. The highest BCUT2D eigenvalue weighted by Gasteiger charge is 2.60. The highest BCUT2D eigenvalue weighted by Crippen LogP contribution is 2.50. The smallest absolute Gasteiger partial charge is 0.272 e. The Morgan fingerprint density at radius 2 is 2.00 bits per heavy atom. The van der Waals surface area contributed by atoms with E-state index >= 15 is 0 Å². The van der Waals surface area contributed by atoms with E-state index in [0.29, 0.717) is 44.2 Å². The Morgan fingerprint density at radius 1 is 1.36 bits per heavy atom. The molecule has 10 heteroatoms. The van der Waals surface area contributed by atoms with Crippen molar-refractivity contribution in [2.45, 2.75) is 68.1 Å². The number of hydrogen-bond donors (Lipinski definition) is 2. The largest absolute Gasteiger partial charge is 0.389 e. The van der Waals surface area contributed by atoms with Gasteiger partial charge in [-0.1, -0.05) is 0 Å². The molecule has 3 aliphatic rings. The van der Waals surface area contributed by atoms with Crippen LogP contribution in [0.25, 0.3) is 0 Å². The molecule has 4 rings (SSSR count). The Bertz CT molecular complexity index is 951. The Balaban J connectivity index is 1.65. The van der Waals surface area contributed by atoms with E-state index in [1.54, 1.807) is 18.7 Å². The highest BCUT2D eigenvalue weighted by atomic mass is 32.2. The molecule has 2 saturated carbocycles. The second kappa shape index (κ2) is 6.03. The SMILES string of the molecule is CC(C)(O)Cn1nc(C(N)=O)c2c1C(=O)N(CC1(S(=O)(=O)C3CC3)CC1)CC2. The van der Waals surface area contributed by atoms with Gasteiger partial charge in [0.25, 0.3) is 11.8 Å². The maximum atomic E-state index is 13.2. The number of carbonyl (C=O) groups is 2. The predicted octanol–water partition coefficient (Wildman–Crippen LogP) is -0.139. The number of aliphatic hydroxyl groups is 1. The second-order valence-electron chi connectivity index (χ2n) is 8.91. The van der Waals surface area contributed by atoms with Gasteiger partial charge in [0.15, 0.2) is 15.5 Å². The van der Waals surface area contributed by atoms with Crippen LogP contribution in [0.4, 0.5) is 0 Å². The Kier molecular flexibility index (Phi) is 4.17. The zero-order chi connectivity index (χ0) is 20.5. The van der Waals surface area contributed by atoms with Crippen LogP contribution in [-0.2, 0) is 22.8 Å². The molecule has 2 amide bonds. The van der Waals surface area contributed by atoms with Crippen molar-refractivity contribution in [1.82, 2.24) is 14.7 Å². The van der Waals surface area contributed by atoms with Crippen LogP contribution in [-0.4, -0.2) is 68.7 Å². The number of nitrogens with two attached hydrogens (primary N) is 1. The van der Waals surface area contributed by atoms with Crippen molar-refractivity contribution in [3.8, 4) is 0 Å². The lowest BCUT2D eigenvalue weighted by atomic mass is 10.0. The summed E-state index contributed by atoms with van der Waals surface area (Å²) in [6, 6.07) is 0. The summed E-state index contributed by atoms with van der Waals surface area (Å²) >= 11 is 0. The van der Waals surface area contributed by atoms with Gasteiger partial charge in [0, 0.05) is 18.7 Å². The fourth-order valence-corrected chi connectivity index (χ4v) is 6.53. The fraction of sp³-hybridized carbons (Fsp3) is 0.722. The number of aromatic nitrogens is 2. The van der Waals surface area contributed by atoms with Crippen molar-refractivity contribution >= 4 is 21.7 Å². The van der Waals surface area contributed by atoms with E-state index < -0.39 is 26.1 Å². The minimum atomic E-state index is -3.23. The summed E-state index contributed by atoms with van der Waals surface area (Å²) in [5, 5.41) is 14.1. The van der Waals surface area contributed by atoms with Crippen LogP contribution in [0.2, 0.25) is 0 Å². The third-order valence-corrected chi connectivity index (χ3v) is 8.89. The number of rotatable bonds is 7. The van der Waals surface area contributed by atoms with Crippen molar-refractivity contribution in [2.75, 3.05) is 13.1 Å². The van der Waals surface area contributed by atoms with Gasteiger partial charge in [0.2, 0.25) is 0 Å². The minimum absolute atomic E-state index is 0.0215. The third-order valence-electron chi connectivity index (χ3n) is 5.80. The average molecular weight is 410 g/mol. The molecule has 0 radical (unpaired) electrons. The molecule has 28 heavy (non-hydrogen) atoms. The van der Waals surface area contributed by atoms with Gasteiger partial charge in [-0.2, -0.15) is 5.10 Å². The molecule has 1 aromatic rings. The molecule has 2 heterocycles. The number of nitrogens with zero attached hydrogens (tertiary/aromatic N) is 3. The number of carbonyl (C=O) groups excluding carboxylic acids is 2. The first-order chi connectivity index (χ1) is 13.0. The topological polar surface area (TPSA) is 136 Å². The van der Waals surface area contributed by atoms with E-state index in [9.17, 15) is 23.1 Å². The second-order valence-corrected chi connectivity index (χ2v) is 11.5. The molecule has 1 aliphatic heterocycles. The summed E-state index contributed by atoms with van der Waals surface area (Å²) in [6.07, 6.45) is 2.96. The van der Waals surface area contributed by atoms with Gasteiger partial charge >= 0.3 is 0 Å². The van der Waals surface area contributed by atoms with Crippen LogP contribution < -0.4 is 5.73 Å². The molecule has 0 bridgehead atoms. The fourth-order valence-electron chi connectivity index (χ4n) is 4.05. The van der Waals surface area contributed by atoms with Gasteiger partial charge in [0.05, 0.1) is 22.1 Å². The van der Waals surface area contributed by atoms with Crippen molar-refractivity contribution in [3.63, 3.8) is 0 Å². The minimum Gasteiger partial charge on any atom is -0.389 e. The van der Waals surface area contributed by atoms with E-state index in [2.05, 4.69) is 5.10 Å². The normalized spacial score (nSPS) is 21.5. The molecule has 1 aromatic heterocycles. The summed E-state index contributed by atoms with van der Waals surface area (Å²) < 4.78 is 26.1. The van der Waals surface area contributed by atoms with E-state index in [4.69, 9.17) is 5.73 Å². The maximum absolute atomic E-state index is 13.2. The molecule has 154 valence electrons. The number of primary amides is 1. The zero-order valence-electron chi connectivity index (χ0n) is 16.1. The van der Waals surface area contributed by atoms with E-state index in [1.807, 2.05) is 0 Å². The van der Waals surface area contributed by atoms with Gasteiger partial charge in [-0.3, -0.25) is 14.3 Å². The van der Waals surface area contributed by atoms with Gasteiger partial charge in [-0.25, -0.2) is 8.42 Å². The lowest BCUT2D eigenvalue weighted by molar-refractivity contribution is 0.0535. The third kappa shape index (κ3) is 3.12. The van der Waals surface area contributed by atoms with Crippen LogP contribution in [0.3, 0.4) is 0 Å². The molecule has 0 saturated heterocycles. The van der Waals surface area contributed by atoms with E-state index in [1.165, 1.54) is 4.68 Å². The monoisotopic (exact) mass is 410 g/mol. The number of hydrogen-bond acceptors (Lipinski definition) is 6. The number of fused-ring (bicyclic) bond motifs is 1. The first-order valence-electron chi connectivity index (χ1n) is 9.60. The molecule has 3 N–H and O–H groups in total. The Hall–Kier alpha value is -1.94. The first kappa shape index (κ1) is 19.4. The van der Waals surface area contributed by atoms with Crippen LogP contribution in [0, 0.1) is 0 Å². The summed E-state index contributed by atoms with van der Waals surface area (Å²) in [7, 11) is -3.23. The quantitative estimate of drug-likeness (QED) is 0.642. The molecule has 9 nitrogen and oxygen atoms in total. The standard InChI is InChI=1S/C18H26N4O5S/c1-17(2,25)9-22-14-12(13(20-22)15(19)23)5-8-21(16(14)24)10-18(6-7-18)28(26,27)11-3-4-11/h11,25H,3-10H2,1-2H3,(H2,19,23). The number of sulfone groups is 1. The summed E-state index contributed by atoms with van der Waals surface area (Å²) in [4.78, 5) is 26.5. The zero-order valence-corrected chi connectivity index (χ0v) is 17.0. The van der Waals surface area contributed by atoms with E-state index in [0.717, 1.165) is 0 Å². The first-order valence-corrected chi connectivity index (χ1v) is 11.1. The molecular weight excluding hydrogens is 384 g/mol. The van der Waals surface area contributed by atoms with Crippen LogP contribution in [0.1, 0.15) is 66.1 Å². The van der Waals surface area contributed by atoms with Crippen LogP contribution in [0.15, 0.2) is 0 Å². The maximum Gasteiger partial charge on any atom is 0.272 e. The average Bonchev–Trinajstić information content (AvgIpc) is 3.46. The molecule has 0 spiro atoms. The van der Waals surface area contributed by atoms with Crippen molar-refractivity contribution in [1.29, 1.82) is 0 Å². The molecule has 2 fully saturated rings. The molecular formula is C18H26N4O5S. The van der Waals surface area contributed by atoms with Crippen molar-refractivity contribution < 1.29 is 23.1 Å². The van der Waals surface area contributed by atoms with Gasteiger partial charge in [-0.15, -0.1) is 0 Å². The Labute approximate surface area is 163 Å². The van der Waals surface area contributed by atoms with Crippen molar-refractivity contribution in [2.24, 2.45) is 5.73 Å². The van der Waals surface area contributed by atoms with Crippen LogP contribution >= 0.6 is 0 Å². The van der Waals surface area contributed by atoms with Crippen molar-refractivity contribution in [3.05, 3.63) is 17.0 Å². The summed E-state index contributed by atoms with van der Waals surface area (Å²) in [6.45, 7) is 3.68. The molecule has 0 aromatic carbocycles. The van der Waals surface area contributed by atoms with Gasteiger partial charge in [0.1, 0.15) is 5.69 Å². The molecule has 0 atom stereocenters. The molecule has 0 unspecified atom stereocenters. The lowest BCUT2D eigenvalue weighted by Crippen LogP contribution is -2.47. The van der Waals surface area contributed by atoms with Gasteiger partial charge < -0.3 is 15.7 Å². The summed E-state index contributed by atoms with van der Waals surface area (Å²) in [5.74, 6) is -1.08. The Morgan fingerprint density at radius 3 is 2.50 bits per heavy atom. The van der Waals surface area contributed by atoms with E-state index in [-0.39, 0.29) is 35.6 Å². The van der Waals surface area contributed by atoms with Crippen LogP contribution in [0.5, 0.6) is 0 Å². The molecule has 2 aliphatic carbocycles. The lowest BCUT2D eigenvalue weighted by Gasteiger charge is -2.31.